The molecule has 0 spiro atoms. The number of carbonyl (C=O) groups excluding carboxylic acids is 2. The molecule has 2 amide bonds. The second-order valence-corrected chi connectivity index (χ2v) is 7.86. The lowest BCUT2D eigenvalue weighted by atomic mass is 10.1. The number of carbonyl (C=O) groups is 2. The van der Waals surface area contributed by atoms with Gasteiger partial charge in [-0.1, -0.05) is 42.4 Å². The van der Waals surface area contributed by atoms with Crippen molar-refractivity contribution >= 4 is 34.8 Å². The number of hydrogen-bond donors (Lipinski definition) is 2. The maximum Gasteiger partial charge on any atom is 0.265 e. The minimum absolute atomic E-state index is 0.300. The monoisotopic (exact) mass is 464 g/mol. The SMILES string of the molecule is C=C(C)COc1ccccc1C(=O)Nc1ccc(NC(=O)C(C)Oc2ccccc2Cl)cc1. The van der Waals surface area contributed by atoms with E-state index in [-0.39, 0.29) is 11.8 Å². The molecule has 1 atom stereocenters. The Morgan fingerprint density at radius 1 is 0.909 bits per heavy atom. The zero-order valence-corrected chi connectivity index (χ0v) is 19.2. The summed E-state index contributed by atoms with van der Waals surface area (Å²) in [5.41, 5.74) is 2.42. The second kappa shape index (κ2) is 11.2. The third kappa shape index (κ3) is 6.85. The van der Waals surface area contributed by atoms with Gasteiger partial charge in [0.05, 0.1) is 10.6 Å². The minimum atomic E-state index is -0.750. The van der Waals surface area contributed by atoms with Gasteiger partial charge in [-0.3, -0.25) is 9.59 Å². The van der Waals surface area contributed by atoms with E-state index >= 15 is 0 Å². The van der Waals surface area contributed by atoms with Crippen LogP contribution in [-0.2, 0) is 4.79 Å². The van der Waals surface area contributed by atoms with Gasteiger partial charge in [-0.25, -0.2) is 0 Å². The summed E-state index contributed by atoms with van der Waals surface area (Å²) in [6.07, 6.45) is -0.750. The lowest BCUT2D eigenvalue weighted by molar-refractivity contribution is -0.122. The molecule has 0 aliphatic rings. The van der Waals surface area contributed by atoms with E-state index < -0.39 is 6.10 Å². The Morgan fingerprint density at radius 3 is 2.12 bits per heavy atom. The van der Waals surface area contributed by atoms with Crippen LogP contribution in [0.2, 0.25) is 5.02 Å². The van der Waals surface area contributed by atoms with Gasteiger partial charge in [0, 0.05) is 11.4 Å². The molecule has 33 heavy (non-hydrogen) atoms. The quantitative estimate of drug-likeness (QED) is 0.383. The lowest BCUT2D eigenvalue weighted by Gasteiger charge is -2.16. The first-order valence-corrected chi connectivity index (χ1v) is 10.7. The summed E-state index contributed by atoms with van der Waals surface area (Å²) in [6, 6.07) is 20.8. The van der Waals surface area contributed by atoms with E-state index in [9.17, 15) is 9.59 Å². The number of halogens is 1. The predicted octanol–water partition coefficient (Wildman–Crippen LogP) is 5.95. The molecule has 6 nitrogen and oxygen atoms in total. The molecule has 0 aliphatic carbocycles. The highest BCUT2D eigenvalue weighted by atomic mass is 35.5. The number of rotatable bonds is 9. The first kappa shape index (κ1) is 23.9. The summed E-state index contributed by atoms with van der Waals surface area (Å²) in [6.45, 7) is 7.63. The summed E-state index contributed by atoms with van der Waals surface area (Å²) in [4.78, 5) is 25.2. The largest absolute Gasteiger partial charge is 0.488 e. The molecule has 7 heteroatoms. The number of benzene rings is 3. The topological polar surface area (TPSA) is 76.7 Å². The fraction of sp³-hybridized carbons (Fsp3) is 0.154. The maximum atomic E-state index is 12.7. The van der Waals surface area contributed by atoms with Crippen LogP contribution in [0.25, 0.3) is 0 Å². The Balaban J connectivity index is 1.59. The Bertz CT molecular complexity index is 1150. The van der Waals surface area contributed by atoms with E-state index in [0.29, 0.717) is 40.1 Å². The zero-order valence-electron chi connectivity index (χ0n) is 18.4. The molecular weight excluding hydrogens is 440 g/mol. The van der Waals surface area contributed by atoms with Gasteiger partial charge in [-0.2, -0.15) is 0 Å². The van der Waals surface area contributed by atoms with Crippen molar-refractivity contribution in [2.75, 3.05) is 17.2 Å². The van der Waals surface area contributed by atoms with E-state index in [2.05, 4.69) is 17.2 Å². The van der Waals surface area contributed by atoms with E-state index in [1.54, 1.807) is 79.7 Å². The first-order chi connectivity index (χ1) is 15.8. The van der Waals surface area contributed by atoms with Crippen LogP contribution in [-0.4, -0.2) is 24.5 Å². The number of anilines is 2. The molecule has 0 bridgehead atoms. The van der Waals surface area contributed by atoms with Crippen LogP contribution in [0, 0.1) is 0 Å². The molecule has 0 fully saturated rings. The molecule has 0 heterocycles. The standard InChI is InChI=1S/C26H25ClN2O4/c1-17(2)16-32-23-10-6-4-8-21(23)26(31)29-20-14-12-19(13-15-20)28-25(30)18(3)33-24-11-7-5-9-22(24)27/h4-15,18H,1,16H2,2-3H3,(H,28,30)(H,29,31). The molecule has 170 valence electrons. The summed E-state index contributed by atoms with van der Waals surface area (Å²) < 4.78 is 11.3. The van der Waals surface area contributed by atoms with Gasteiger partial charge < -0.3 is 20.1 Å². The van der Waals surface area contributed by atoms with Crippen molar-refractivity contribution < 1.29 is 19.1 Å². The number of ether oxygens (including phenoxy) is 2. The van der Waals surface area contributed by atoms with Crippen LogP contribution < -0.4 is 20.1 Å². The van der Waals surface area contributed by atoms with Gasteiger partial charge in [0.1, 0.15) is 18.1 Å². The highest BCUT2D eigenvalue weighted by Gasteiger charge is 2.17. The van der Waals surface area contributed by atoms with E-state index in [1.807, 2.05) is 6.92 Å². The van der Waals surface area contributed by atoms with Crippen LogP contribution in [0.4, 0.5) is 11.4 Å². The molecule has 0 aliphatic heterocycles. The van der Waals surface area contributed by atoms with Crippen LogP contribution in [0.1, 0.15) is 24.2 Å². The molecule has 0 aromatic heterocycles. The lowest BCUT2D eigenvalue weighted by Crippen LogP contribution is -2.30. The van der Waals surface area contributed by atoms with Gasteiger partial charge in [0.25, 0.3) is 11.8 Å². The Labute approximate surface area is 198 Å². The second-order valence-electron chi connectivity index (χ2n) is 7.45. The molecule has 2 N–H and O–H groups in total. The summed E-state index contributed by atoms with van der Waals surface area (Å²) in [7, 11) is 0. The molecule has 1 unspecified atom stereocenters. The predicted molar refractivity (Wildman–Crippen MR) is 131 cm³/mol. The van der Waals surface area contributed by atoms with Crippen LogP contribution in [0.3, 0.4) is 0 Å². The average Bonchev–Trinajstić information content (AvgIpc) is 2.80. The van der Waals surface area contributed by atoms with Crippen molar-refractivity contribution in [3.05, 3.63) is 95.5 Å². The molecule has 0 saturated heterocycles. The fourth-order valence-corrected chi connectivity index (χ4v) is 3.02. The number of para-hydroxylation sites is 2. The highest BCUT2D eigenvalue weighted by Crippen LogP contribution is 2.25. The summed E-state index contributed by atoms with van der Waals surface area (Å²) in [5.74, 6) is 0.294. The van der Waals surface area contributed by atoms with Gasteiger partial charge in [0.2, 0.25) is 0 Å². The third-order valence-electron chi connectivity index (χ3n) is 4.53. The smallest absolute Gasteiger partial charge is 0.265 e. The third-order valence-corrected chi connectivity index (χ3v) is 4.84. The number of nitrogens with one attached hydrogen (secondary N) is 2. The highest BCUT2D eigenvalue weighted by molar-refractivity contribution is 6.32. The van der Waals surface area contributed by atoms with Crippen molar-refractivity contribution in [1.82, 2.24) is 0 Å². The van der Waals surface area contributed by atoms with Gasteiger partial charge >= 0.3 is 0 Å². The molecule has 3 aromatic carbocycles. The molecule has 3 rings (SSSR count). The normalized spacial score (nSPS) is 11.2. The molecule has 3 aromatic rings. The molecule has 0 saturated carbocycles. The van der Waals surface area contributed by atoms with Gasteiger partial charge in [-0.15, -0.1) is 0 Å². The molecular formula is C26H25ClN2O4. The minimum Gasteiger partial charge on any atom is -0.488 e. The van der Waals surface area contributed by atoms with Crippen molar-refractivity contribution in [2.24, 2.45) is 0 Å². The maximum absolute atomic E-state index is 12.7. The van der Waals surface area contributed by atoms with E-state index in [1.165, 1.54) is 0 Å². The van der Waals surface area contributed by atoms with E-state index in [4.69, 9.17) is 21.1 Å². The van der Waals surface area contributed by atoms with Crippen LogP contribution >= 0.6 is 11.6 Å². The van der Waals surface area contributed by atoms with Gasteiger partial charge in [0.15, 0.2) is 6.10 Å². The van der Waals surface area contributed by atoms with Gasteiger partial charge in [-0.05, 0) is 68.0 Å². The van der Waals surface area contributed by atoms with Crippen LogP contribution in [0.15, 0.2) is 84.9 Å². The number of hydrogen-bond acceptors (Lipinski definition) is 4. The van der Waals surface area contributed by atoms with Crippen molar-refractivity contribution in [2.45, 2.75) is 20.0 Å². The molecule has 0 radical (unpaired) electrons. The Kier molecular flexibility index (Phi) is 8.11. The average molecular weight is 465 g/mol. The fourth-order valence-electron chi connectivity index (χ4n) is 2.84. The van der Waals surface area contributed by atoms with Crippen molar-refractivity contribution in [3.63, 3.8) is 0 Å². The van der Waals surface area contributed by atoms with Crippen molar-refractivity contribution in [3.8, 4) is 11.5 Å². The van der Waals surface area contributed by atoms with E-state index in [0.717, 1.165) is 5.57 Å². The zero-order chi connectivity index (χ0) is 23.8. The summed E-state index contributed by atoms with van der Waals surface area (Å²) in [5, 5.41) is 6.05. The summed E-state index contributed by atoms with van der Waals surface area (Å²) >= 11 is 6.07. The van der Waals surface area contributed by atoms with Crippen LogP contribution in [0.5, 0.6) is 11.5 Å². The first-order valence-electron chi connectivity index (χ1n) is 10.3. The number of amides is 2. The Morgan fingerprint density at radius 2 is 1.48 bits per heavy atom. The van der Waals surface area contributed by atoms with Crippen molar-refractivity contribution in [1.29, 1.82) is 0 Å². The Hall–Kier alpha value is -3.77.